The lowest BCUT2D eigenvalue weighted by Gasteiger charge is -2.17. The van der Waals surface area contributed by atoms with E-state index in [-0.39, 0.29) is 18.9 Å². The molecule has 0 aliphatic carbocycles. The second-order valence-electron chi connectivity index (χ2n) is 3.83. The fourth-order valence-corrected chi connectivity index (χ4v) is 2.65. The van der Waals surface area contributed by atoms with Gasteiger partial charge in [-0.2, -0.15) is 0 Å². The van der Waals surface area contributed by atoms with Gasteiger partial charge < -0.3 is 10.5 Å². The van der Waals surface area contributed by atoms with Crippen LogP contribution in [0.2, 0.25) is 0 Å². The minimum absolute atomic E-state index is 0.0514. The van der Waals surface area contributed by atoms with Crippen LogP contribution in [0.4, 0.5) is 0 Å². The van der Waals surface area contributed by atoms with E-state index in [1.54, 1.807) is 0 Å². The minimum atomic E-state index is -3.37. The molecule has 0 aliphatic rings. The van der Waals surface area contributed by atoms with E-state index in [1.165, 1.54) is 0 Å². The molecule has 0 saturated carbocycles. The van der Waals surface area contributed by atoms with Crippen LogP contribution in [0.5, 0.6) is 0 Å². The van der Waals surface area contributed by atoms with Crippen molar-refractivity contribution in [3.63, 3.8) is 0 Å². The third-order valence-corrected chi connectivity index (χ3v) is 3.81. The third kappa shape index (κ3) is 5.14. The first kappa shape index (κ1) is 15.1. The second-order valence-corrected chi connectivity index (χ2v) is 5.71. The molecule has 1 unspecified atom stereocenters. The van der Waals surface area contributed by atoms with E-state index >= 15 is 0 Å². The largest absolute Gasteiger partial charge is 0.381 e. The Morgan fingerprint density at radius 2 is 2.00 bits per heavy atom. The molecule has 0 aromatic heterocycles. The summed E-state index contributed by atoms with van der Waals surface area (Å²) in [5, 5.41) is 0. The van der Waals surface area contributed by atoms with Crippen molar-refractivity contribution in [2.75, 3.05) is 25.5 Å². The summed E-state index contributed by atoms with van der Waals surface area (Å²) in [6.45, 7) is 2.75. The predicted molar refractivity (Wildman–Crippen MR) is 71.7 cm³/mol. The molecule has 0 heterocycles. The van der Waals surface area contributed by atoms with Gasteiger partial charge in [-0.3, -0.25) is 0 Å². The van der Waals surface area contributed by atoms with Crippen molar-refractivity contribution in [2.24, 2.45) is 5.73 Å². The quantitative estimate of drug-likeness (QED) is 0.681. The van der Waals surface area contributed by atoms with Crippen LogP contribution >= 0.6 is 0 Å². The Balaban J connectivity index is 2.63. The van der Waals surface area contributed by atoms with Gasteiger partial charge in [0.2, 0.25) is 10.0 Å². The fraction of sp³-hybridized carbons (Fsp3) is 0.500. The molecule has 0 bridgehead atoms. The van der Waals surface area contributed by atoms with Crippen molar-refractivity contribution in [1.29, 1.82) is 0 Å². The van der Waals surface area contributed by atoms with Gasteiger partial charge in [0.15, 0.2) is 0 Å². The molecule has 5 nitrogen and oxygen atoms in total. The Hall–Kier alpha value is -0.950. The third-order valence-electron chi connectivity index (χ3n) is 2.46. The van der Waals surface area contributed by atoms with Crippen LogP contribution in [0.25, 0.3) is 0 Å². The normalized spacial score (nSPS) is 13.4. The molecule has 0 spiro atoms. The monoisotopic (exact) mass is 272 g/mol. The van der Waals surface area contributed by atoms with Crippen molar-refractivity contribution in [3.05, 3.63) is 35.9 Å². The molecule has 1 aromatic carbocycles. The zero-order valence-corrected chi connectivity index (χ0v) is 11.3. The average molecular weight is 272 g/mol. The topological polar surface area (TPSA) is 81.4 Å². The molecular formula is C12H20N2O3S. The van der Waals surface area contributed by atoms with Gasteiger partial charge in [-0.15, -0.1) is 0 Å². The molecule has 3 N–H and O–H groups in total. The van der Waals surface area contributed by atoms with Crippen molar-refractivity contribution < 1.29 is 13.2 Å². The molecule has 0 amide bonds. The van der Waals surface area contributed by atoms with Gasteiger partial charge in [-0.05, 0) is 12.5 Å². The number of nitrogens with two attached hydrogens (primary N) is 1. The van der Waals surface area contributed by atoms with Gasteiger partial charge in [-0.25, -0.2) is 13.1 Å². The minimum Gasteiger partial charge on any atom is -0.381 e. The number of sulfonamides is 1. The molecule has 1 atom stereocenters. The second kappa shape index (κ2) is 7.48. The number of benzene rings is 1. The van der Waals surface area contributed by atoms with Crippen molar-refractivity contribution in [1.82, 2.24) is 4.72 Å². The van der Waals surface area contributed by atoms with Crippen molar-refractivity contribution in [2.45, 2.75) is 13.0 Å². The summed E-state index contributed by atoms with van der Waals surface area (Å²) in [6.07, 6.45) is 0. The van der Waals surface area contributed by atoms with E-state index in [2.05, 4.69) is 4.72 Å². The zero-order chi connectivity index (χ0) is 13.4. The first-order chi connectivity index (χ1) is 8.59. The summed E-state index contributed by atoms with van der Waals surface area (Å²) in [7, 11) is -3.37. The van der Waals surface area contributed by atoms with Crippen LogP contribution in [-0.2, 0) is 14.8 Å². The van der Waals surface area contributed by atoms with E-state index in [0.717, 1.165) is 5.56 Å². The first-order valence-corrected chi connectivity index (χ1v) is 7.57. The molecule has 0 fully saturated rings. The highest BCUT2D eigenvalue weighted by atomic mass is 32.2. The van der Waals surface area contributed by atoms with Crippen molar-refractivity contribution >= 4 is 10.0 Å². The molecule has 1 aromatic rings. The maximum atomic E-state index is 11.8. The van der Waals surface area contributed by atoms with E-state index in [9.17, 15) is 8.42 Å². The van der Waals surface area contributed by atoms with Gasteiger partial charge in [0.1, 0.15) is 0 Å². The molecule has 0 radical (unpaired) electrons. The lowest BCUT2D eigenvalue weighted by molar-refractivity contribution is 0.163. The highest BCUT2D eigenvalue weighted by Gasteiger charge is 2.17. The van der Waals surface area contributed by atoms with E-state index in [0.29, 0.717) is 6.61 Å². The van der Waals surface area contributed by atoms with Crippen LogP contribution in [-0.4, -0.2) is 33.9 Å². The van der Waals surface area contributed by atoms with Crippen LogP contribution in [0.3, 0.4) is 0 Å². The van der Waals surface area contributed by atoms with Gasteiger partial charge in [0.25, 0.3) is 0 Å². The Kier molecular flexibility index (Phi) is 6.28. The van der Waals surface area contributed by atoms with Gasteiger partial charge in [0.05, 0.1) is 18.4 Å². The number of ether oxygens (including phenoxy) is 1. The summed E-state index contributed by atoms with van der Waals surface area (Å²) in [5.74, 6) is -0.0514. The Bertz CT molecular complexity index is 434. The Morgan fingerprint density at radius 3 is 2.56 bits per heavy atom. The van der Waals surface area contributed by atoms with Crippen LogP contribution < -0.4 is 10.5 Å². The smallest absolute Gasteiger partial charge is 0.214 e. The fourth-order valence-electron chi connectivity index (χ4n) is 1.53. The summed E-state index contributed by atoms with van der Waals surface area (Å²) < 4.78 is 31.2. The van der Waals surface area contributed by atoms with Crippen molar-refractivity contribution in [3.8, 4) is 0 Å². The standard InChI is InChI=1S/C12H20N2O3S/c1-2-17-8-9-18(15,16)14-12(10-13)11-6-4-3-5-7-11/h3-7,12,14H,2,8-10,13H2,1H3. The highest BCUT2D eigenvalue weighted by molar-refractivity contribution is 7.89. The van der Waals surface area contributed by atoms with E-state index in [1.807, 2.05) is 37.3 Å². The zero-order valence-electron chi connectivity index (χ0n) is 10.5. The van der Waals surface area contributed by atoms with E-state index in [4.69, 9.17) is 10.5 Å². The number of hydrogen-bond acceptors (Lipinski definition) is 4. The predicted octanol–water partition coefficient (Wildman–Crippen LogP) is 0.642. The molecule has 1 rings (SSSR count). The first-order valence-electron chi connectivity index (χ1n) is 5.92. The average Bonchev–Trinajstić information content (AvgIpc) is 2.37. The molecule has 0 aliphatic heterocycles. The summed E-state index contributed by atoms with van der Waals surface area (Å²) >= 11 is 0. The van der Waals surface area contributed by atoms with Gasteiger partial charge >= 0.3 is 0 Å². The molecule has 6 heteroatoms. The van der Waals surface area contributed by atoms with Crippen LogP contribution in [0, 0.1) is 0 Å². The van der Waals surface area contributed by atoms with Crippen LogP contribution in [0.15, 0.2) is 30.3 Å². The van der Waals surface area contributed by atoms with E-state index < -0.39 is 16.1 Å². The lowest BCUT2D eigenvalue weighted by atomic mass is 10.1. The molecule has 18 heavy (non-hydrogen) atoms. The maximum Gasteiger partial charge on any atom is 0.214 e. The number of hydrogen-bond donors (Lipinski definition) is 2. The van der Waals surface area contributed by atoms with Gasteiger partial charge in [-0.1, -0.05) is 30.3 Å². The lowest BCUT2D eigenvalue weighted by Crippen LogP contribution is -2.35. The SMILES string of the molecule is CCOCCS(=O)(=O)NC(CN)c1ccccc1. The number of nitrogens with one attached hydrogen (secondary N) is 1. The van der Waals surface area contributed by atoms with Crippen LogP contribution in [0.1, 0.15) is 18.5 Å². The summed E-state index contributed by atoms with van der Waals surface area (Å²) in [6, 6.07) is 8.89. The maximum absolute atomic E-state index is 11.8. The number of rotatable bonds is 8. The molecular weight excluding hydrogens is 252 g/mol. The Labute approximate surface area is 108 Å². The molecule has 0 saturated heterocycles. The molecule has 102 valence electrons. The Morgan fingerprint density at radius 1 is 1.33 bits per heavy atom. The highest BCUT2D eigenvalue weighted by Crippen LogP contribution is 2.12. The summed E-state index contributed by atoms with van der Waals surface area (Å²) in [5.41, 5.74) is 6.47. The van der Waals surface area contributed by atoms with Gasteiger partial charge in [0, 0.05) is 13.2 Å². The summed E-state index contributed by atoms with van der Waals surface area (Å²) in [4.78, 5) is 0.